The second-order valence-corrected chi connectivity index (χ2v) is 5.14. The van der Waals surface area contributed by atoms with Crippen LogP contribution in [0.1, 0.15) is 5.56 Å². The molecule has 4 nitrogen and oxygen atoms in total. The molecule has 1 aromatic rings. The Hall–Kier alpha value is -1.43. The lowest BCUT2D eigenvalue weighted by atomic mass is 10.2. The van der Waals surface area contributed by atoms with Gasteiger partial charge >= 0.3 is 0 Å². The number of benzene rings is 1. The number of nitrogens with one attached hydrogen (secondary N) is 1. The Bertz CT molecular complexity index is 493. The van der Waals surface area contributed by atoms with Crippen molar-refractivity contribution in [2.75, 3.05) is 33.2 Å². The van der Waals surface area contributed by atoms with Crippen LogP contribution in [-0.2, 0) is 4.79 Å². The SMILES string of the molecule is CN1CCN(NC(=O)/C=C/c2c(F)cccc2Cl)CC1. The zero-order chi connectivity index (χ0) is 14.5. The molecule has 1 N–H and O–H groups in total. The number of halogens is 2. The number of hydrogen-bond donors (Lipinski definition) is 1. The third-order valence-electron chi connectivity index (χ3n) is 3.17. The highest BCUT2D eigenvalue weighted by Crippen LogP contribution is 2.20. The summed E-state index contributed by atoms with van der Waals surface area (Å²) in [7, 11) is 2.04. The Morgan fingerprint density at radius 3 is 2.70 bits per heavy atom. The Morgan fingerprint density at radius 1 is 1.35 bits per heavy atom. The van der Waals surface area contributed by atoms with Gasteiger partial charge in [-0.3, -0.25) is 10.2 Å². The van der Waals surface area contributed by atoms with Crippen LogP contribution in [0.3, 0.4) is 0 Å². The number of carbonyl (C=O) groups excluding carboxylic acids is 1. The molecule has 1 aromatic carbocycles. The lowest BCUT2D eigenvalue weighted by Crippen LogP contribution is -2.52. The summed E-state index contributed by atoms with van der Waals surface area (Å²) in [6.07, 6.45) is 2.69. The van der Waals surface area contributed by atoms with E-state index in [9.17, 15) is 9.18 Å². The van der Waals surface area contributed by atoms with E-state index in [0.717, 1.165) is 26.2 Å². The molecule has 1 saturated heterocycles. The molecule has 2 rings (SSSR count). The molecule has 1 aliphatic rings. The standard InChI is InChI=1S/C14H17ClFN3O/c1-18-7-9-19(10-8-18)17-14(20)6-5-11-12(15)3-2-4-13(11)16/h2-6H,7-10H2,1H3,(H,17,20)/b6-5+. The Kier molecular flexibility index (Phi) is 5.11. The molecule has 108 valence electrons. The topological polar surface area (TPSA) is 35.6 Å². The summed E-state index contributed by atoms with van der Waals surface area (Å²) in [5.41, 5.74) is 2.99. The quantitative estimate of drug-likeness (QED) is 0.864. The molecule has 1 fully saturated rings. The van der Waals surface area contributed by atoms with Crippen molar-refractivity contribution >= 4 is 23.6 Å². The van der Waals surface area contributed by atoms with Gasteiger partial charge in [-0.25, -0.2) is 9.40 Å². The normalized spacial score (nSPS) is 17.6. The lowest BCUT2D eigenvalue weighted by Gasteiger charge is -2.31. The molecule has 20 heavy (non-hydrogen) atoms. The van der Waals surface area contributed by atoms with Gasteiger partial charge in [0.25, 0.3) is 5.91 Å². The monoisotopic (exact) mass is 297 g/mol. The van der Waals surface area contributed by atoms with E-state index in [1.54, 1.807) is 6.07 Å². The zero-order valence-corrected chi connectivity index (χ0v) is 12.0. The van der Waals surface area contributed by atoms with Crippen molar-refractivity contribution in [3.05, 3.63) is 40.7 Å². The summed E-state index contributed by atoms with van der Waals surface area (Å²) in [6.45, 7) is 3.36. The Balaban J connectivity index is 1.92. The molecule has 0 saturated carbocycles. The third kappa shape index (κ3) is 4.03. The Morgan fingerprint density at radius 2 is 2.05 bits per heavy atom. The number of nitrogens with zero attached hydrogens (tertiary/aromatic N) is 2. The van der Waals surface area contributed by atoms with Gasteiger partial charge in [0.2, 0.25) is 0 Å². The summed E-state index contributed by atoms with van der Waals surface area (Å²) >= 11 is 5.88. The first-order chi connectivity index (χ1) is 9.56. The van der Waals surface area contributed by atoms with E-state index in [4.69, 9.17) is 11.6 Å². The molecule has 0 unspecified atom stereocenters. The van der Waals surface area contributed by atoms with Crippen LogP contribution >= 0.6 is 11.6 Å². The van der Waals surface area contributed by atoms with E-state index < -0.39 is 5.82 Å². The molecule has 1 aliphatic heterocycles. The fourth-order valence-corrected chi connectivity index (χ4v) is 2.17. The van der Waals surface area contributed by atoms with E-state index in [1.807, 2.05) is 12.1 Å². The number of rotatable bonds is 3. The van der Waals surface area contributed by atoms with Gasteiger partial charge in [-0.2, -0.15) is 0 Å². The van der Waals surface area contributed by atoms with E-state index in [-0.39, 0.29) is 16.5 Å². The maximum absolute atomic E-state index is 13.5. The third-order valence-corrected chi connectivity index (χ3v) is 3.50. The Labute approximate surface area is 122 Å². The molecule has 0 spiro atoms. The van der Waals surface area contributed by atoms with Gasteiger partial charge in [-0.1, -0.05) is 17.7 Å². The van der Waals surface area contributed by atoms with Gasteiger partial charge in [-0.15, -0.1) is 0 Å². The van der Waals surface area contributed by atoms with Crippen molar-refractivity contribution in [1.29, 1.82) is 0 Å². The van der Waals surface area contributed by atoms with Crippen LogP contribution in [0.4, 0.5) is 4.39 Å². The molecule has 0 aliphatic carbocycles. The fourth-order valence-electron chi connectivity index (χ4n) is 1.94. The van der Waals surface area contributed by atoms with Gasteiger partial charge in [0, 0.05) is 37.8 Å². The van der Waals surface area contributed by atoms with E-state index >= 15 is 0 Å². The zero-order valence-electron chi connectivity index (χ0n) is 11.3. The van der Waals surface area contributed by atoms with Crippen LogP contribution in [0.15, 0.2) is 24.3 Å². The predicted octanol–water partition coefficient (Wildman–Crippen LogP) is 1.77. The van der Waals surface area contributed by atoms with Gasteiger partial charge in [0.15, 0.2) is 0 Å². The summed E-state index contributed by atoms with van der Waals surface area (Å²) in [5, 5.41) is 2.14. The van der Waals surface area contributed by atoms with E-state index in [0.29, 0.717) is 0 Å². The number of hydrazine groups is 1. The van der Waals surface area contributed by atoms with Crippen molar-refractivity contribution in [3.63, 3.8) is 0 Å². The highest BCUT2D eigenvalue weighted by molar-refractivity contribution is 6.32. The molecular formula is C14H17ClFN3O. The van der Waals surface area contributed by atoms with E-state index in [1.165, 1.54) is 24.3 Å². The minimum Gasteiger partial charge on any atom is -0.304 e. The number of likely N-dealkylation sites (N-methyl/N-ethyl adjacent to an activating group) is 1. The fraction of sp³-hybridized carbons (Fsp3) is 0.357. The molecule has 1 heterocycles. The molecule has 6 heteroatoms. The van der Waals surface area contributed by atoms with Crippen molar-refractivity contribution in [3.8, 4) is 0 Å². The van der Waals surface area contributed by atoms with Crippen LogP contribution in [0.2, 0.25) is 5.02 Å². The average molecular weight is 298 g/mol. The average Bonchev–Trinajstić information content (AvgIpc) is 2.41. The van der Waals surface area contributed by atoms with Crippen LogP contribution in [0.25, 0.3) is 6.08 Å². The number of amides is 1. The summed E-state index contributed by atoms with van der Waals surface area (Å²) in [4.78, 5) is 14.0. The number of hydrogen-bond acceptors (Lipinski definition) is 3. The second kappa shape index (κ2) is 6.83. The minimum atomic E-state index is -0.443. The maximum Gasteiger partial charge on any atom is 0.258 e. The highest BCUT2D eigenvalue weighted by Gasteiger charge is 2.14. The summed E-state index contributed by atoms with van der Waals surface area (Å²) in [6, 6.07) is 4.42. The van der Waals surface area contributed by atoms with Gasteiger partial charge in [-0.05, 0) is 25.3 Å². The molecule has 1 amide bonds. The largest absolute Gasteiger partial charge is 0.304 e. The van der Waals surface area contributed by atoms with Crippen molar-refractivity contribution < 1.29 is 9.18 Å². The van der Waals surface area contributed by atoms with Gasteiger partial charge in [0.1, 0.15) is 5.82 Å². The molecule has 0 bridgehead atoms. The van der Waals surface area contributed by atoms with Crippen molar-refractivity contribution in [1.82, 2.24) is 15.3 Å². The van der Waals surface area contributed by atoms with Crippen LogP contribution < -0.4 is 5.43 Å². The number of piperazine rings is 1. The van der Waals surface area contributed by atoms with Gasteiger partial charge in [0.05, 0.1) is 5.02 Å². The highest BCUT2D eigenvalue weighted by atomic mass is 35.5. The minimum absolute atomic E-state index is 0.225. The molecule has 0 aromatic heterocycles. The van der Waals surface area contributed by atoms with Crippen LogP contribution in [0, 0.1) is 5.82 Å². The van der Waals surface area contributed by atoms with E-state index in [2.05, 4.69) is 10.3 Å². The smallest absolute Gasteiger partial charge is 0.258 e. The van der Waals surface area contributed by atoms with Crippen molar-refractivity contribution in [2.45, 2.75) is 0 Å². The second-order valence-electron chi connectivity index (χ2n) is 4.74. The number of carbonyl (C=O) groups is 1. The molecule has 0 radical (unpaired) electrons. The van der Waals surface area contributed by atoms with Crippen molar-refractivity contribution in [2.24, 2.45) is 0 Å². The van der Waals surface area contributed by atoms with Crippen LogP contribution in [-0.4, -0.2) is 49.0 Å². The maximum atomic E-state index is 13.5. The summed E-state index contributed by atoms with van der Waals surface area (Å²) < 4.78 is 13.5. The summed E-state index contributed by atoms with van der Waals surface area (Å²) in [5.74, 6) is -0.727. The van der Waals surface area contributed by atoms with Gasteiger partial charge < -0.3 is 4.90 Å². The predicted molar refractivity (Wildman–Crippen MR) is 77.7 cm³/mol. The molecular weight excluding hydrogens is 281 g/mol. The lowest BCUT2D eigenvalue weighted by molar-refractivity contribution is -0.121. The first-order valence-electron chi connectivity index (χ1n) is 6.42. The van der Waals surface area contributed by atoms with Crippen LogP contribution in [0.5, 0.6) is 0 Å². The first kappa shape index (κ1) is 15.0. The first-order valence-corrected chi connectivity index (χ1v) is 6.80. The molecule has 0 atom stereocenters.